The number of amidine groups is 2. The fourth-order valence-corrected chi connectivity index (χ4v) is 10.8. The van der Waals surface area contributed by atoms with Crippen molar-refractivity contribution in [1.29, 1.82) is 10.5 Å². The van der Waals surface area contributed by atoms with Crippen molar-refractivity contribution in [3.63, 3.8) is 0 Å². The summed E-state index contributed by atoms with van der Waals surface area (Å²) in [5, 5.41) is 21.0. The molecule has 14 heteroatoms. The first-order valence-electron chi connectivity index (χ1n) is 14.3. The van der Waals surface area contributed by atoms with Crippen molar-refractivity contribution in [3.8, 4) is 64.3 Å². The Morgan fingerprint density at radius 2 is 1.08 bits per heavy atom. The smallest absolute Gasteiger partial charge is 0.350 e. The molecule has 5 aromatic rings. The van der Waals surface area contributed by atoms with Crippen molar-refractivity contribution < 1.29 is 9.47 Å². The molecule has 0 fully saturated rings. The Balaban J connectivity index is 1.32. The maximum absolute atomic E-state index is 9.18. The van der Waals surface area contributed by atoms with Gasteiger partial charge in [-0.05, 0) is 34.4 Å². The van der Waals surface area contributed by atoms with Crippen LogP contribution in [0.3, 0.4) is 0 Å². The molecule has 2 aliphatic rings. The number of benzene rings is 1. The summed E-state index contributed by atoms with van der Waals surface area (Å²) in [4.78, 5) is 28.9. The minimum atomic E-state index is -0.371. The van der Waals surface area contributed by atoms with Gasteiger partial charge in [-0.3, -0.25) is 0 Å². The van der Waals surface area contributed by atoms with E-state index in [4.69, 9.17) is 32.6 Å². The topological polar surface area (TPSA) is 125 Å². The van der Waals surface area contributed by atoms with Crippen LogP contribution < -0.4 is 9.47 Å². The third-order valence-corrected chi connectivity index (χ3v) is 13.0. The monoisotopic (exact) mass is 702 g/mol. The van der Waals surface area contributed by atoms with E-state index in [2.05, 4.69) is 59.5 Å². The van der Waals surface area contributed by atoms with Gasteiger partial charge in [-0.15, -0.1) is 22.7 Å². The quantitative estimate of drug-likeness (QED) is 0.0986. The second-order valence-electron chi connectivity index (χ2n) is 11.9. The molecule has 0 radical (unpaired) electrons. The van der Waals surface area contributed by atoms with Gasteiger partial charge in [0, 0.05) is 23.0 Å². The summed E-state index contributed by atoms with van der Waals surface area (Å²) >= 11 is 5.91. The molecular formula is C34H22N8O2S4. The normalized spacial score (nSPS) is 15.0. The Labute approximate surface area is 292 Å². The Morgan fingerprint density at radius 3 is 1.42 bits per heavy atom. The summed E-state index contributed by atoms with van der Waals surface area (Å²) in [6, 6.07) is 11.7. The molecule has 0 spiro atoms. The van der Waals surface area contributed by atoms with E-state index in [0.29, 0.717) is 21.5 Å². The van der Waals surface area contributed by atoms with E-state index in [1.54, 1.807) is 49.0 Å². The van der Waals surface area contributed by atoms with Crippen molar-refractivity contribution in [2.24, 2.45) is 9.98 Å². The van der Waals surface area contributed by atoms with Crippen LogP contribution in [0.5, 0.6) is 11.5 Å². The Hall–Kier alpha value is -5.22. The van der Waals surface area contributed by atoms with Gasteiger partial charge in [0.1, 0.15) is 43.4 Å². The second-order valence-corrected chi connectivity index (χ2v) is 15.9. The lowest BCUT2D eigenvalue weighted by atomic mass is 9.81. The maximum Gasteiger partial charge on any atom is 0.350 e. The van der Waals surface area contributed by atoms with Gasteiger partial charge in [0.25, 0.3) is 0 Å². The van der Waals surface area contributed by atoms with Crippen LogP contribution in [-0.4, -0.2) is 35.9 Å². The first-order valence-corrected chi connectivity index (χ1v) is 17.6. The highest BCUT2D eigenvalue weighted by Gasteiger charge is 2.45. The van der Waals surface area contributed by atoms with Crippen molar-refractivity contribution >= 4 is 67.0 Å². The lowest BCUT2D eigenvalue weighted by Crippen LogP contribution is -2.18. The molecule has 1 aromatic carbocycles. The van der Waals surface area contributed by atoms with E-state index >= 15 is 0 Å². The highest BCUT2D eigenvalue weighted by atomic mass is 32.1. The molecule has 7 rings (SSSR count). The minimum Gasteiger partial charge on any atom is -0.495 e. The lowest BCUT2D eigenvalue weighted by molar-refractivity contribution is 0.418. The van der Waals surface area contributed by atoms with Crippen molar-refractivity contribution in [2.75, 3.05) is 14.2 Å². The predicted molar refractivity (Wildman–Crippen MR) is 191 cm³/mol. The van der Waals surface area contributed by atoms with Crippen LogP contribution >= 0.6 is 45.3 Å². The van der Waals surface area contributed by atoms with E-state index in [0.717, 1.165) is 52.0 Å². The van der Waals surface area contributed by atoms with Gasteiger partial charge in [0.05, 0.1) is 35.4 Å². The molecule has 0 saturated heterocycles. The van der Waals surface area contributed by atoms with Crippen LogP contribution in [0.15, 0.2) is 34.3 Å². The Bertz CT molecular complexity index is 2240. The zero-order valence-corrected chi connectivity index (χ0v) is 29.6. The highest BCUT2D eigenvalue weighted by Crippen LogP contribution is 2.60. The fraction of sp³-hybridized carbons (Fsp3) is 0.235. The van der Waals surface area contributed by atoms with Crippen molar-refractivity contribution in [3.05, 3.63) is 69.6 Å². The second kappa shape index (κ2) is 11.2. The number of hydrogen-bond acceptors (Lipinski definition) is 12. The number of rotatable bonds is 6. The van der Waals surface area contributed by atoms with Gasteiger partial charge in [-0.2, -0.15) is 0 Å². The molecule has 0 N–H and O–H groups in total. The molecular weight excluding hydrogens is 681 g/mol. The van der Waals surface area contributed by atoms with Crippen molar-refractivity contribution in [1.82, 2.24) is 9.97 Å². The van der Waals surface area contributed by atoms with Crippen LogP contribution in [0.1, 0.15) is 50.2 Å². The average molecular weight is 703 g/mol. The van der Waals surface area contributed by atoms with Crippen LogP contribution in [0.2, 0.25) is 0 Å². The molecule has 0 unspecified atom stereocenters. The van der Waals surface area contributed by atoms with Crippen LogP contribution in [0.4, 0.5) is 10.0 Å². The van der Waals surface area contributed by atoms with Crippen LogP contribution in [0.25, 0.3) is 50.3 Å². The summed E-state index contributed by atoms with van der Waals surface area (Å²) in [7, 11) is 3.18. The number of methoxy groups -OCH3 is 2. The Kier molecular flexibility index (Phi) is 7.32. The summed E-state index contributed by atoms with van der Waals surface area (Å²) in [6.07, 6.45) is 0. The third kappa shape index (κ3) is 4.57. The standard InChI is InChI=1S/C34H22N8O2S4/c1-33(2)17-9-16-18(10-15(17)25-29(33)41-31(47-25)27-19(43-7)11-23(45-27)39-21(13-35)37-5)34(3,4)30-26(16)48-32(42-30)28-20(44-8)12-24(46-28)40-22(14-36)38-6/h9-12H,1-4,7-8H3. The van der Waals surface area contributed by atoms with Gasteiger partial charge in [-0.1, -0.05) is 73.5 Å². The minimum absolute atomic E-state index is 0.229. The van der Waals surface area contributed by atoms with Crippen LogP contribution in [-0.2, 0) is 10.8 Å². The molecule has 234 valence electrons. The summed E-state index contributed by atoms with van der Waals surface area (Å²) < 4.78 is 11.3. The summed E-state index contributed by atoms with van der Waals surface area (Å²) in [5.41, 5.74) is 5.97. The SMILES string of the molecule is [C-]#[N+]C(C#N)=Nc1cc(OC)c(-c2nc3c(s2)-c2cc4c(cc2C3(C)C)-c2sc(-c3sc(N=C(C#N)[N+]#[C-])cc3OC)nc2C4(C)C)s1. The first-order chi connectivity index (χ1) is 23.0. The van der Waals surface area contributed by atoms with Gasteiger partial charge >= 0.3 is 11.7 Å². The summed E-state index contributed by atoms with van der Waals surface area (Å²) in [6.45, 7) is 23.1. The molecule has 0 bridgehead atoms. The molecule has 2 aliphatic carbocycles. The number of aliphatic imine (C=N–C) groups is 2. The molecule has 0 amide bonds. The van der Waals surface area contributed by atoms with E-state index < -0.39 is 0 Å². The van der Waals surface area contributed by atoms with Gasteiger partial charge in [0.2, 0.25) is 10.0 Å². The number of fused-ring (bicyclic) bond motifs is 6. The predicted octanol–water partition coefficient (Wildman–Crippen LogP) is 9.63. The van der Waals surface area contributed by atoms with E-state index in [1.165, 1.54) is 33.8 Å². The lowest BCUT2D eigenvalue weighted by Gasteiger charge is -2.23. The molecule has 10 nitrogen and oxygen atoms in total. The number of aromatic nitrogens is 2. The van der Waals surface area contributed by atoms with Gasteiger partial charge in [0.15, 0.2) is 0 Å². The largest absolute Gasteiger partial charge is 0.495 e. The van der Waals surface area contributed by atoms with Crippen LogP contribution in [0, 0.1) is 35.8 Å². The fourth-order valence-electron chi connectivity index (χ4n) is 6.11. The molecule has 48 heavy (non-hydrogen) atoms. The maximum atomic E-state index is 9.18. The van der Waals surface area contributed by atoms with Gasteiger partial charge in [-0.25, -0.2) is 20.5 Å². The number of nitrogens with zero attached hydrogens (tertiary/aromatic N) is 8. The van der Waals surface area contributed by atoms with Gasteiger partial charge < -0.3 is 19.2 Å². The number of nitriles is 2. The third-order valence-electron chi connectivity index (χ3n) is 8.47. The molecule has 4 heterocycles. The van der Waals surface area contributed by atoms with E-state index in [1.807, 2.05) is 12.1 Å². The first kappa shape index (κ1) is 31.4. The number of thiazole rings is 2. The van der Waals surface area contributed by atoms with E-state index in [-0.39, 0.29) is 22.5 Å². The average Bonchev–Trinajstić information content (AvgIpc) is 3.91. The number of ether oxygens (including phenoxy) is 2. The van der Waals surface area contributed by atoms with Crippen molar-refractivity contribution in [2.45, 2.75) is 38.5 Å². The molecule has 0 aliphatic heterocycles. The zero-order valence-electron chi connectivity index (χ0n) is 26.3. The number of hydrogen-bond donors (Lipinski definition) is 0. The highest BCUT2D eigenvalue weighted by molar-refractivity contribution is 7.26. The van der Waals surface area contributed by atoms with E-state index in [9.17, 15) is 10.5 Å². The molecule has 4 aromatic heterocycles. The molecule has 0 saturated carbocycles. The zero-order chi connectivity index (χ0) is 34.1. The Morgan fingerprint density at radius 1 is 0.688 bits per heavy atom. The number of thiophene rings is 2. The summed E-state index contributed by atoms with van der Waals surface area (Å²) in [5.74, 6) is 0.748. The molecule has 0 atom stereocenters.